The molecule has 2 rings (SSSR count). The Morgan fingerprint density at radius 1 is 1.32 bits per heavy atom. The second kappa shape index (κ2) is 5.99. The monoisotopic (exact) mass is 308 g/mol. The first-order valence-electron chi connectivity index (χ1n) is 8.90. The van der Waals surface area contributed by atoms with E-state index in [4.69, 9.17) is 4.74 Å². The van der Waals surface area contributed by atoms with Gasteiger partial charge in [-0.05, 0) is 50.5 Å². The summed E-state index contributed by atoms with van der Waals surface area (Å²) in [6, 6.07) is 0. The van der Waals surface area contributed by atoms with Crippen LogP contribution in [0.1, 0.15) is 53.9 Å². The molecule has 0 heterocycles. The fraction of sp³-hybridized carbons (Fsp3) is 0.842. The van der Waals surface area contributed by atoms with Gasteiger partial charge in [0.15, 0.2) is 6.54 Å². The highest BCUT2D eigenvalue weighted by atomic mass is 16.5. The summed E-state index contributed by atoms with van der Waals surface area (Å²) >= 11 is 0. The molecule has 3 nitrogen and oxygen atoms in total. The molecular weight excluding hydrogens is 274 g/mol. The Bertz CT molecular complexity index is 439. The number of likely N-dealkylation sites (N-methyl/N-ethyl adjacent to an activating group) is 1. The largest absolute Gasteiger partial charge is 0.458 e. The van der Waals surface area contributed by atoms with Gasteiger partial charge in [-0.25, -0.2) is 4.79 Å². The van der Waals surface area contributed by atoms with Crippen LogP contribution in [0.3, 0.4) is 0 Å². The van der Waals surface area contributed by atoms with Gasteiger partial charge in [-0.15, -0.1) is 0 Å². The van der Waals surface area contributed by atoms with Gasteiger partial charge in [-0.2, -0.15) is 0 Å². The normalized spacial score (nSPS) is 33.0. The van der Waals surface area contributed by atoms with Crippen LogP contribution in [-0.4, -0.2) is 42.7 Å². The zero-order chi connectivity index (χ0) is 16.6. The second-order valence-electron chi connectivity index (χ2n) is 8.19. The molecule has 0 N–H and O–H groups in total. The molecule has 0 radical (unpaired) electrons. The maximum Gasteiger partial charge on any atom is 0.362 e. The molecule has 2 bridgehead atoms. The Kier molecular flexibility index (Phi) is 4.77. The van der Waals surface area contributed by atoms with E-state index >= 15 is 0 Å². The minimum Gasteiger partial charge on any atom is -0.458 e. The van der Waals surface area contributed by atoms with Crippen LogP contribution in [0.4, 0.5) is 0 Å². The predicted molar refractivity (Wildman–Crippen MR) is 90.4 cm³/mol. The van der Waals surface area contributed by atoms with Gasteiger partial charge in [0.1, 0.15) is 6.10 Å². The van der Waals surface area contributed by atoms with Gasteiger partial charge in [-0.3, -0.25) is 0 Å². The average molecular weight is 308 g/mol. The van der Waals surface area contributed by atoms with Crippen molar-refractivity contribution in [3.63, 3.8) is 0 Å². The quantitative estimate of drug-likeness (QED) is 0.406. The van der Waals surface area contributed by atoms with Gasteiger partial charge in [0.05, 0.1) is 19.6 Å². The molecule has 2 aliphatic rings. The van der Waals surface area contributed by atoms with E-state index in [-0.39, 0.29) is 17.5 Å². The van der Waals surface area contributed by atoms with Crippen molar-refractivity contribution in [3.8, 4) is 0 Å². The van der Waals surface area contributed by atoms with Gasteiger partial charge >= 0.3 is 5.97 Å². The van der Waals surface area contributed by atoms with Gasteiger partial charge in [0.2, 0.25) is 0 Å². The van der Waals surface area contributed by atoms with Crippen LogP contribution in [0.25, 0.3) is 0 Å². The van der Waals surface area contributed by atoms with Crippen LogP contribution in [0, 0.1) is 16.7 Å². The van der Waals surface area contributed by atoms with Gasteiger partial charge in [0, 0.05) is 5.41 Å². The third kappa shape index (κ3) is 2.62. The summed E-state index contributed by atoms with van der Waals surface area (Å²) in [6.45, 7) is 18.3. The van der Waals surface area contributed by atoms with E-state index in [2.05, 4.69) is 41.2 Å². The first-order valence-corrected chi connectivity index (χ1v) is 8.90. The summed E-state index contributed by atoms with van der Waals surface area (Å²) in [5, 5.41) is 0. The summed E-state index contributed by atoms with van der Waals surface area (Å²) in [4.78, 5) is 12.6. The number of quaternary nitrogens is 1. The third-order valence-electron chi connectivity index (χ3n) is 7.31. The zero-order valence-corrected chi connectivity index (χ0v) is 15.2. The van der Waals surface area contributed by atoms with Crippen molar-refractivity contribution >= 4 is 5.97 Å². The number of ether oxygens (including phenoxy) is 1. The number of fused-ring (bicyclic) bond motifs is 2. The fourth-order valence-electron chi connectivity index (χ4n) is 4.82. The highest BCUT2D eigenvalue weighted by Crippen LogP contribution is 2.66. The molecule has 2 saturated carbocycles. The molecule has 0 saturated heterocycles. The van der Waals surface area contributed by atoms with Crippen molar-refractivity contribution < 1.29 is 14.0 Å². The second-order valence-corrected chi connectivity index (χ2v) is 8.19. The Morgan fingerprint density at radius 2 is 1.95 bits per heavy atom. The van der Waals surface area contributed by atoms with Gasteiger partial charge < -0.3 is 9.22 Å². The van der Waals surface area contributed by atoms with Crippen molar-refractivity contribution in [1.29, 1.82) is 0 Å². The molecule has 2 aliphatic carbocycles. The molecule has 3 atom stereocenters. The lowest BCUT2D eigenvalue weighted by Crippen LogP contribution is -2.52. The number of carbonyl (C=O) groups excluding carboxylic acids is 1. The van der Waals surface area contributed by atoms with Crippen LogP contribution in [-0.2, 0) is 9.53 Å². The Balaban J connectivity index is 2.03. The van der Waals surface area contributed by atoms with E-state index in [0.717, 1.165) is 30.5 Å². The smallest absolute Gasteiger partial charge is 0.362 e. The number of esters is 1. The average Bonchev–Trinajstić information content (AvgIpc) is 2.80. The molecule has 0 amide bonds. The van der Waals surface area contributed by atoms with Crippen molar-refractivity contribution in [2.24, 2.45) is 16.7 Å². The van der Waals surface area contributed by atoms with Crippen LogP contribution >= 0.6 is 0 Å². The molecule has 0 aliphatic heterocycles. The van der Waals surface area contributed by atoms with Gasteiger partial charge in [0.25, 0.3) is 0 Å². The third-order valence-corrected chi connectivity index (χ3v) is 7.31. The molecule has 0 spiro atoms. The van der Waals surface area contributed by atoms with E-state index in [1.807, 2.05) is 6.08 Å². The summed E-state index contributed by atoms with van der Waals surface area (Å²) < 4.78 is 6.75. The summed E-state index contributed by atoms with van der Waals surface area (Å²) in [5.41, 5.74) is 0.445. The zero-order valence-electron chi connectivity index (χ0n) is 15.2. The minimum atomic E-state index is -0.0277. The SMILES string of the molecule is C=CC[N+](CC)(CC)CC(=O)O[C@H]1C[C@@H]2CC[C@]1(C)C2(C)C. The summed E-state index contributed by atoms with van der Waals surface area (Å²) in [6.07, 6.45) is 5.56. The first-order chi connectivity index (χ1) is 10.2. The van der Waals surface area contributed by atoms with Crippen LogP contribution < -0.4 is 0 Å². The van der Waals surface area contributed by atoms with Crippen LogP contribution in [0.15, 0.2) is 12.7 Å². The fourth-order valence-corrected chi connectivity index (χ4v) is 4.82. The summed E-state index contributed by atoms with van der Waals surface area (Å²) in [5.74, 6) is 0.681. The van der Waals surface area contributed by atoms with Crippen molar-refractivity contribution in [2.45, 2.75) is 60.0 Å². The highest BCUT2D eigenvalue weighted by molar-refractivity contribution is 5.71. The maximum absolute atomic E-state index is 12.6. The standard InChI is InChI=1S/C19H34NO2/c1-7-12-20(8-2,9-3)14-17(21)22-16-13-15-10-11-19(16,6)18(15,4)5/h7,15-16H,1,8-14H2,2-6H3/q+1/t15-,16-,19-/m0/s1. The number of hydrogen-bond acceptors (Lipinski definition) is 2. The molecule has 2 fully saturated rings. The number of carbonyl (C=O) groups is 1. The molecule has 126 valence electrons. The first kappa shape index (κ1) is 17.5. The Labute approximate surface area is 136 Å². The van der Waals surface area contributed by atoms with Crippen LogP contribution in [0.2, 0.25) is 0 Å². The molecule has 0 unspecified atom stereocenters. The highest BCUT2D eigenvalue weighted by Gasteiger charge is 2.63. The molecule has 0 aromatic heterocycles. The van der Waals surface area contributed by atoms with Crippen LogP contribution in [0.5, 0.6) is 0 Å². The molecule has 0 aromatic carbocycles. The van der Waals surface area contributed by atoms with Crippen molar-refractivity contribution in [1.82, 2.24) is 0 Å². The Morgan fingerprint density at radius 3 is 2.36 bits per heavy atom. The van der Waals surface area contributed by atoms with E-state index in [1.54, 1.807) is 0 Å². The lowest BCUT2D eigenvalue weighted by atomic mass is 9.70. The number of rotatable bonds is 7. The van der Waals surface area contributed by atoms with Crippen molar-refractivity contribution in [3.05, 3.63) is 12.7 Å². The van der Waals surface area contributed by atoms with E-state index in [9.17, 15) is 4.79 Å². The van der Waals surface area contributed by atoms with Gasteiger partial charge in [-0.1, -0.05) is 27.4 Å². The molecule has 3 heteroatoms. The minimum absolute atomic E-state index is 0.0277. The molecular formula is C19H34NO2+. The van der Waals surface area contributed by atoms with Crippen molar-refractivity contribution in [2.75, 3.05) is 26.2 Å². The Hall–Kier alpha value is -0.830. The number of nitrogens with zero attached hydrogens (tertiary/aromatic N) is 1. The number of hydrogen-bond donors (Lipinski definition) is 0. The molecule has 0 aromatic rings. The van der Waals surface area contributed by atoms with E-state index in [0.29, 0.717) is 17.9 Å². The lowest BCUT2D eigenvalue weighted by Gasteiger charge is -2.39. The summed E-state index contributed by atoms with van der Waals surface area (Å²) in [7, 11) is 0. The van der Waals surface area contributed by atoms with E-state index in [1.165, 1.54) is 12.8 Å². The topological polar surface area (TPSA) is 26.3 Å². The predicted octanol–water partition coefficient (Wildman–Crippen LogP) is 3.79. The lowest BCUT2D eigenvalue weighted by molar-refractivity contribution is -0.912. The molecule has 22 heavy (non-hydrogen) atoms. The van der Waals surface area contributed by atoms with E-state index < -0.39 is 0 Å². The maximum atomic E-state index is 12.6.